The van der Waals surface area contributed by atoms with Crippen LogP contribution in [0.2, 0.25) is 0 Å². The summed E-state index contributed by atoms with van der Waals surface area (Å²) in [6, 6.07) is 8.68. The first-order valence-corrected chi connectivity index (χ1v) is 5.82. The third-order valence-corrected chi connectivity index (χ3v) is 3.77. The van der Waals surface area contributed by atoms with Crippen molar-refractivity contribution in [2.45, 2.75) is 23.7 Å². The number of fused-ring (bicyclic) bond motifs is 1. The van der Waals surface area contributed by atoms with Gasteiger partial charge in [0.25, 0.3) is 0 Å². The number of nitrogens with two attached hydrogens (primary N) is 1. The molecule has 0 radical (unpaired) electrons. The lowest BCUT2D eigenvalue weighted by Crippen LogP contribution is -2.12. The second kappa shape index (κ2) is 4.16. The van der Waals surface area contributed by atoms with Crippen LogP contribution in [0.1, 0.15) is 24.3 Å². The lowest BCUT2D eigenvalue weighted by Gasteiger charge is -2.14. The topological polar surface area (TPSA) is 26.0 Å². The van der Waals surface area contributed by atoms with Gasteiger partial charge in [0.05, 0.1) is 0 Å². The first kappa shape index (κ1) is 9.10. The van der Waals surface area contributed by atoms with Gasteiger partial charge in [0.2, 0.25) is 0 Å². The van der Waals surface area contributed by atoms with Crippen molar-refractivity contribution >= 4 is 11.8 Å². The van der Waals surface area contributed by atoms with Gasteiger partial charge in [-0.2, -0.15) is 0 Å². The van der Waals surface area contributed by atoms with E-state index in [0.717, 1.165) is 6.54 Å². The van der Waals surface area contributed by atoms with Crippen molar-refractivity contribution in [2.24, 2.45) is 5.73 Å². The van der Waals surface area contributed by atoms with E-state index in [0.29, 0.717) is 5.92 Å². The predicted molar refractivity (Wildman–Crippen MR) is 58.2 cm³/mol. The summed E-state index contributed by atoms with van der Waals surface area (Å²) in [4.78, 5) is 1.44. The number of hydrogen-bond donors (Lipinski definition) is 1. The van der Waals surface area contributed by atoms with Crippen LogP contribution in [0, 0.1) is 0 Å². The number of benzene rings is 1. The van der Waals surface area contributed by atoms with E-state index in [1.54, 1.807) is 0 Å². The fraction of sp³-hybridized carbons (Fsp3) is 0.455. The molecular formula is C11H15NS. The van der Waals surface area contributed by atoms with Crippen LogP contribution < -0.4 is 5.73 Å². The molecule has 1 nitrogen and oxygen atoms in total. The van der Waals surface area contributed by atoms with E-state index in [4.69, 9.17) is 5.73 Å². The Balaban J connectivity index is 2.35. The Morgan fingerprint density at radius 3 is 3.08 bits per heavy atom. The van der Waals surface area contributed by atoms with Gasteiger partial charge >= 0.3 is 0 Å². The fourth-order valence-corrected chi connectivity index (χ4v) is 2.97. The van der Waals surface area contributed by atoms with Gasteiger partial charge in [0.15, 0.2) is 0 Å². The third-order valence-electron chi connectivity index (χ3n) is 2.60. The quantitative estimate of drug-likeness (QED) is 0.742. The molecule has 2 rings (SSSR count). The van der Waals surface area contributed by atoms with Gasteiger partial charge in [0, 0.05) is 4.90 Å². The molecular weight excluding hydrogens is 178 g/mol. The van der Waals surface area contributed by atoms with Crippen LogP contribution in [-0.2, 0) is 0 Å². The summed E-state index contributed by atoms with van der Waals surface area (Å²) in [6.45, 7) is 0.789. The molecule has 70 valence electrons. The lowest BCUT2D eigenvalue weighted by atomic mass is 9.95. The van der Waals surface area contributed by atoms with Crippen LogP contribution in [-0.4, -0.2) is 12.3 Å². The van der Waals surface area contributed by atoms with Crippen molar-refractivity contribution in [3.05, 3.63) is 29.8 Å². The zero-order chi connectivity index (χ0) is 9.10. The molecule has 0 saturated carbocycles. The SMILES string of the molecule is NCC1CCCSc2ccccc21. The van der Waals surface area contributed by atoms with Crippen molar-refractivity contribution in [3.8, 4) is 0 Å². The van der Waals surface area contributed by atoms with Gasteiger partial charge in [0.1, 0.15) is 0 Å². The Hall–Kier alpha value is -0.470. The van der Waals surface area contributed by atoms with Gasteiger partial charge in [-0.3, -0.25) is 0 Å². The van der Waals surface area contributed by atoms with Crippen molar-refractivity contribution in [2.75, 3.05) is 12.3 Å². The molecule has 1 unspecified atom stereocenters. The highest BCUT2D eigenvalue weighted by molar-refractivity contribution is 7.99. The van der Waals surface area contributed by atoms with Gasteiger partial charge in [-0.25, -0.2) is 0 Å². The highest BCUT2D eigenvalue weighted by Crippen LogP contribution is 2.34. The first-order chi connectivity index (χ1) is 6.42. The summed E-state index contributed by atoms with van der Waals surface area (Å²) in [5, 5.41) is 0. The number of hydrogen-bond acceptors (Lipinski definition) is 2. The monoisotopic (exact) mass is 193 g/mol. The molecule has 1 aliphatic heterocycles. The van der Waals surface area contributed by atoms with Crippen LogP contribution in [0.25, 0.3) is 0 Å². The maximum Gasteiger partial charge on any atom is 0.0107 e. The smallest absolute Gasteiger partial charge is 0.0107 e. The van der Waals surface area contributed by atoms with Crippen molar-refractivity contribution in [1.29, 1.82) is 0 Å². The standard InChI is InChI=1S/C11H15NS/c12-8-9-4-3-7-13-11-6-2-1-5-10(9)11/h1-2,5-6,9H,3-4,7-8,12H2. The van der Waals surface area contributed by atoms with Crippen LogP contribution in [0.15, 0.2) is 29.2 Å². The second-order valence-corrected chi connectivity index (χ2v) is 4.60. The molecule has 1 atom stereocenters. The maximum atomic E-state index is 5.78. The summed E-state index contributed by atoms with van der Waals surface area (Å²) in [6.07, 6.45) is 2.54. The minimum atomic E-state index is 0.589. The molecule has 0 saturated heterocycles. The van der Waals surface area contributed by atoms with Crippen LogP contribution in [0.4, 0.5) is 0 Å². The van der Waals surface area contributed by atoms with Crippen molar-refractivity contribution in [3.63, 3.8) is 0 Å². The second-order valence-electron chi connectivity index (χ2n) is 3.46. The molecule has 1 aromatic rings. The average Bonchev–Trinajstić information content (AvgIpc) is 2.39. The average molecular weight is 193 g/mol. The zero-order valence-corrected chi connectivity index (χ0v) is 8.52. The van der Waals surface area contributed by atoms with Gasteiger partial charge in [-0.05, 0) is 42.7 Å². The summed E-state index contributed by atoms with van der Waals surface area (Å²) < 4.78 is 0. The Morgan fingerprint density at radius 2 is 2.23 bits per heavy atom. The van der Waals surface area contributed by atoms with Gasteiger partial charge in [-0.15, -0.1) is 11.8 Å². The lowest BCUT2D eigenvalue weighted by molar-refractivity contribution is 0.623. The predicted octanol–water partition coefficient (Wildman–Crippen LogP) is 2.61. The normalized spacial score (nSPS) is 22.1. The Labute approximate surface area is 83.7 Å². The summed E-state index contributed by atoms with van der Waals surface area (Å²) in [5.74, 6) is 1.83. The zero-order valence-electron chi connectivity index (χ0n) is 7.70. The third kappa shape index (κ3) is 1.89. The molecule has 1 aliphatic rings. The molecule has 1 heterocycles. The van der Waals surface area contributed by atoms with E-state index in [-0.39, 0.29) is 0 Å². The summed E-state index contributed by atoms with van der Waals surface area (Å²) in [5.41, 5.74) is 7.24. The fourth-order valence-electron chi connectivity index (χ4n) is 1.86. The largest absolute Gasteiger partial charge is 0.330 e. The maximum absolute atomic E-state index is 5.78. The van der Waals surface area contributed by atoms with Gasteiger partial charge in [-0.1, -0.05) is 18.2 Å². The molecule has 0 amide bonds. The Morgan fingerprint density at radius 1 is 1.38 bits per heavy atom. The number of thioether (sulfide) groups is 1. The van der Waals surface area contributed by atoms with E-state index in [2.05, 4.69) is 24.3 Å². The summed E-state index contributed by atoms with van der Waals surface area (Å²) >= 11 is 1.97. The molecule has 0 aliphatic carbocycles. The highest BCUT2D eigenvalue weighted by Gasteiger charge is 2.16. The van der Waals surface area contributed by atoms with E-state index >= 15 is 0 Å². The van der Waals surface area contributed by atoms with Crippen LogP contribution in [0.3, 0.4) is 0 Å². The Kier molecular flexibility index (Phi) is 2.91. The van der Waals surface area contributed by atoms with E-state index in [1.165, 1.54) is 29.1 Å². The molecule has 13 heavy (non-hydrogen) atoms. The minimum Gasteiger partial charge on any atom is -0.330 e. The summed E-state index contributed by atoms with van der Waals surface area (Å²) in [7, 11) is 0. The molecule has 2 heteroatoms. The van der Waals surface area contributed by atoms with Crippen molar-refractivity contribution in [1.82, 2.24) is 0 Å². The van der Waals surface area contributed by atoms with E-state index in [9.17, 15) is 0 Å². The van der Waals surface area contributed by atoms with Crippen LogP contribution >= 0.6 is 11.8 Å². The van der Waals surface area contributed by atoms with Crippen molar-refractivity contribution < 1.29 is 0 Å². The molecule has 2 N–H and O–H groups in total. The molecule has 1 aromatic carbocycles. The minimum absolute atomic E-state index is 0.589. The molecule has 0 fully saturated rings. The molecule has 0 spiro atoms. The number of rotatable bonds is 1. The van der Waals surface area contributed by atoms with Gasteiger partial charge < -0.3 is 5.73 Å². The van der Waals surface area contributed by atoms with Crippen LogP contribution in [0.5, 0.6) is 0 Å². The molecule has 0 bridgehead atoms. The Bertz CT molecular complexity index is 285. The van der Waals surface area contributed by atoms with E-state index in [1.807, 2.05) is 11.8 Å². The van der Waals surface area contributed by atoms with E-state index < -0.39 is 0 Å². The first-order valence-electron chi connectivity index (χ1n) is 4.83. The highest BCUT2D eigenvalue weighted by atomic mass is 32.2. The molecule has 0 aromatic heterocycles.